The van der Waals surface area contributed by atoms with E-state index in [1.165, 1.54) is 4.31 Å². The van der Waals surface area contributed by atoms with Gasteiger partial charge in [-0.2, -0.15) is 0 Å². The highest BCUT2D eigenvalue weighted by atomic mass is 32.2. The Kier molecular flexibility index (Phi) is 12.1. The molecular formula is C29H43N3O5S. The third-order valence-corrected chi connectivity index (χ3v) is 7.75. The predicted octanol–water partition coefficient (Wildman–Crippen LogP) is 4.66. The summed E-state index contributed by atoms with van der Waals surface area (Å²) >= 11 is 0. The fourth-order valence-corrected chi connectivity index (χ4v) is 5.22. The molecule has 0 radical (unpaired) electrons. The van der Waals surface area contributed by atoms with E-state index in [2.05, 4.69) is 5.32 Å². The molecule has 2 aromatic rings. The Morgan fingerprint density at radius 1 is 1.00 bits per heavy atom. The molecule has 1 N–H and O–H groups in total. The van der Waals surface area contributed by atoms with Crippen LogP contribution in [-0.4, -0.2) is 56.6 Å². The van der Waals surface area contributed by atoms with Crippen LogP contribution in [0.2, 0.25) is 0 Å². The lowest BCUT2D eigenvalue weighted by atomic mass is 10.0. The van der Waals surface area contributed by atoms with Crippen molar-refractivity contribution in [2.45, 2.75) is 78.9 Å². The van der Waals surface area contributed by atoms with Gasteiger partial charge in [0.1, 0.15) is 11.8 Å². The van der Waals surface area contributed by atoms with Gasteiger partial charge in [0.05, 0.1) is 18.6 Å². The zero-order valence-corrected chi connectivity index (χ0v) is 24.4. The van der Waals surface area contributed by atoms with Gasteiger partial charge in [-0.15, -0.1) is 0 Å². The van der Waals surface area contributed by atoms with Gasteiger partial charge in [-0.1, -0.05) is 50.2 Å². The fourth-order valence-electron chi connectivity index (χ4n) is 4.25. The lowest BCUT2D eigenvalue weighted by molar-refractivity contribution is -0.141. The Labute approximate surface area is 228 Å². The number of rotatable bonds is 15. The van der Waals surface area contributed by atoms with Crippen LogP contribution in [-0.2, 0) is 26.2 Å². The number of amides is 2. The molecule has 0 aliphatic heterocycles. The van der Waals surface area contributed by atoms with Crippen molar-refractivity contribution in [1.82, 2.24) is 10.2 Å². The van der Waals surface area contributed by atoms with Gasteiger partial charge in [0.2, 0.25) is 21.8 Å². The number of hydrogen-bond acceptors (Lipinski definition) is 5. The van der Waals surface area contributed by atoms with Crippen molar-refractivity contribution < 1.29 is 22.7 Å². The molecular weight excluding hydrogens is 502 g/mol. The first kappa shape index (κ1) is 31.1. The Morgan fingerprint density at radius 3 is 2.26 bits per heavy atom. The van der Waals surface area contributed by atoms with E-state index < -0.39 is 16.1 Å². The first-order chi connectivity index (χ1) is 18.0. The van der Waals surface area contributed by atoms with E-state index in [9.17, 15) is 18.0 Å². The second-order valence-corrected chi connectivity index (χ2v) is 11.4. The number of nitrogens with zero attached hydrogens (tertiary/aromatic N) is 2. The average Bonchev–Trinajstić information content (AvgIpc) is 2.87. The van der Waals surface area contributed by atoms with Gasteiger partial charge in [-0.3, -0.25) is 13.9 Å². The molecule has 2 amide bonds. The van der Waals surface area contributed by atoms with E-state index in [-0.39, 0.29) is 30.8 Å². The Morgan fingerprint density at radius 2 is 1.66 bits per heavy atom. The highest BCUT2D eigenvalue weighted by Crippen LogP contribution is 2.30. The highest BCUT2D eigenvalue weighted by molar-refractivity contribution is 7.92. The Bertz CT molecular complexity index is 1170. The number of anilines is 1. The predicted molar refractivity (Wildman–Crippen MR) is 153 cm³/mol. The molecule has 38 heavy (non-hydrogen) atoms. The maximum atomic E-state index is 13.6. The molecule has 0 spiro atoms. The number of aryl methyl sites for hydroxylation is 1. The number of benzene rings is 2. The molecule has 0 unspecified atom stereocenters. The van der Waals surface area contributed by atoms with Gasteiger partial charge in [0.25, 0.3) is 0 Å². The molecule has 8 nitrogen and oxygen atoms in total. The van der Waals surface area contributed by atoms with Crippen LogP contribution in [0.4, 0.5) is 5.69 Å². The van der Waals surface area contributed by atoms with E-state index >= 15 is 0 Å². The molecule has 0 aromatic heterocycles. The van der Waals surface area contributed by atoms with E-state index in [0.29, 0.717) is 37.4 Å². The molecule has 2 atom stereocenters. The van der Waals surface area contributed by atoms with Crippen LogP contribution in [0.25, 0.3) is 0 Å². The summed E-state index contributed by atoms with van der Waals surface area (Å²) < 4.78 is 32.3. The summed E-state index contributed by atoms with van der Waals surface area (Å²) in [6.45, 7) is 10.5. The largest absolute Gasteiger partial charge is 0.492 e. The molecule has 0 aliphatic rings. The first-order valence-corrected chi connectivity index (χ1v) is 15.2. The smallest absolute Gasteiger partial charge is 0.243 e. The van der Waals surface area contributed by atoms with Gasteiger partial charge >= 0.3 is 0 Å². The van der Waals surface area contributed by atoms with Crippen LogP contribution in [0.15, 0.2) is 48.5 Å². The molecule has 0 heterocycles. The number of ether oxygens (including phenoxy) is 1. The second-order valence-electron chi connectivity index (χ2n) is 9.53. The van der Waals surface area contributed by atoms with Crippen LogP contribution in [0, 0.1) is 6.92 Å². The number of carbonyl (C=O) groups excluding carboxylic acids is 2. The summed E-state index contributed by atoms with van der Waals surface area (Å²) in [4.78, 5) is 28.4. The molecule has 0 saturated carbocycles. The normalized spacial score (nSPS) is 12.9. The maximum absolute atomic E-state index is 13.6. The number of para-hydroxylation sites is 2. The molecule has 210 valence electrons. The molecule has 2 rings (SSSR count). The molecule has 0 saturated heterocycles. The fraction of sp³-hybridized carbons (Fsp3) is 0.517. The van der Waals surface area contributed by atoms with Crippen molar-refractivity contribution in [2.24, 2.45) is 0 Å². The maximum Gasteiger partial charge on any atom is 0.243 e. The lowest BCUT2D eigenvalue weighted by Crippen LogP contribution is -2.50. The number of nitrogens with one attached hydrogen (secondary N) is 1. The van der Waals surface area contributed by atoms with Crippen LogP contribution in [0.5, 0.6) is 5.75 Å². The summed E-state index contributed by atoms with van der Waals surface area (Å²) in [6, 6.07) is 14.2. The van der Waals surface area contributed by atoms with E-state index in [1.807, 2.05) is 58.9 Å². The van der Waals surface area contributed by atoms with Gasteiger partial charge in [0.15, 0.2) is 0 Å². The van der Waals surface area contributed by atoms with Gasteiger partial charge < -0.3 is 15.0 Å². The van der Waals surface area contributed by atoms with Crippen LogP contribution in [0.3, 0.4) is 0 Å². The SMILES string of the molecule is CCOc1ccccc1N(CCCC(=O)N(Cc1ccccc1C)[C@H](CC)C(=O)N[C@H](C)CC)S(C)(=O)=O. The average molecular weight is 546 g/mol. The van der Waals surface area contributed by atoms with E-state index in [0.717, 1.165) is 23.8 Å². The first-order valence-electron chi connectivity index (χ1n) is 13.4. The number of carbonyl (C=O) groups is 2. The third kappa shape index (κ3) is 8.75. The lowest BCUT2D eigenvalue weighted by Gasteiger charge is -2.32. The molecule has 0 bridgehead atoms. The van der Waals surface area contributed by atoms with Crippen molar-refractivity contribution in [1.29, 1.82) is 0 Å². The van der Waals surface area contributed by atoms with Crippen molar-refractivity contribution in [3.05, 3.63) is 59.7 Å². The molecule has 2 aromatic carbocycles. The monoisotopic (exact) mass is 545 g/mol. The summed E-state index contributed by atoms with van der Waals surface area (Å²) in [5.41, 5.74) is 2.46. The van der Waals surface area contributed by atoms with Crippen molar-refractivity contribution in [3.8, 4) is 5.75 Å². The Balaban J connectivity index is 2.27. The van der Waals surface area contributed by atoms with E-state index in [4.69, 9.17) is 4.74 Å². The van der Waals surface area contributed by atoms with Crippen LogP contribution in [0.1, 0.15) is 64.5 Å². The summed E-state index contributed by atoms with van der Waals surface area (Å²) in [6.07, 6.45) is 2.80. The molecule has 0 fully saturated rings. The molecule has 0 aliphatic carbocycles. The highest BCUT2D eigenvalue weighted by Gasteiger charge is 2.30. The van der Waals surface area contributed by atoms with Crippen molar-refractivity contribution in [3.63, 3.8) is 0 Å². The van der Waals surface area contributed by atoms with Gasteiger partial charge in [-0.25, -0.2) is 8.42 Å². The summed E-state index contributed by atoms with van der Waals surface area (Å²) in [7, 11) is -3.62. The zero-order valence-electron chi connectivity index (χ0n) is 23.6. The zero-order chi connectivity index (χ0) is 28.3. The minimum Gasteiger partial charge on any atom is -0.492 e. The van der Waals surface area contributed by atoms with Gasteiger partial charge in [0, 0.05) is 25.6 Å². The minimum absolute atomic E-state index is 0.000639. The van der Waals surface area contributed by atoms with Crippen molar-refractivity contribution in [2.75, 3.05) is 23.7 Å². The standard InChI is InChI=1S/C29H43N3O5S/c1-7-23(5)30-29(34)25(8-2)31(21-24-16-11-10-15-22(24)4)28(33)19-14-20-32(38(6,35)36)26-17-12-13-18-27(26)37-9-3/h10-13,15-18,23,25H,7-9,14,19-21H2,1-6H3,(H,30,34)/t23-,25-/m1/s1. The van der Waals surface area contributed by atoms with E-state index in [1.54, 1.807) is 29.2 Å². The number of sulfonamides is 1. The minimum atomic E-state index is -3.62. The summed E-state index contributed by atoms with van der Waals surface area (Å²) in [5, 5.41) is 3.02. The van der Waals surface area contributed by atoms with Crippen LogP contribution < -0.4 is 14.4 Å². The second kappa shape index (κ2) is 14.8. The van der Waals surface area contributed by atoms with Crippen LogP contribution >= 0.6 is 0 Å². The number of hydrogen-bond donors (Lipinski definition) is 1. The molecule has 9 heteroatoms. The van der Waals surface area contributed by atoms with Crippen molar-refractivity contribution >= 4 is 27.5 Å². The Hall–Kier alpha value is -3.07. The third-order valence-electron chi connectivity index (χ3n) is 6.57. The topological polar surface area (TPSA) is 96.0 Å². The quantitative estimate of drug-likeness (QED) is 0.351. The summed E-state index contributed by atoms with van der Waals surface area (Å²) in [5.74, 6) is 0.110. The van der Waals surface area contributed by atoms with Gasteiger partial charge in [-0.05, 0) is 63.3 Å².